The largest absolute Gasteiger partial charge is 0.495 e. The third-order valence-electron chi connectivity index (χ3n) is 3.36. The first-order valence-corrected chi connectivity index (χ1v) is 10.1. The zero-order chi connectivity index (χ0) is 18.8. The summed E-state index contributed by atoms with van der Waals surface area (Å²) in [6.07, 6.45) is 0. The van der Waals surface area contributed by atoms with Crippen LogP contribution in [0.4, 0.5) is 4.39 Å². The van der Waals surface area contributed by atoms with Crippen molar-refractivity contribution < 1.29 is 27.1 Å². The fourth-order valence-electron chi connectivity index (χ4n) is 2.25. The topological polar surface area (TPSA) is 69.7 Å². The maximum absolute atomic E-state index is 13.2. The van der Waals surface area contributed by atoms with E-state index in [0.717, 1.165) is 12.1 Å². The van der Waals surface area contributed by atoms with Crippen LogP contribution in [0.1, 0.15) is 15.9 Å². The number of hydrogen-bond acceptors (Lipinski definition) is 5. The molecular formula is C16H13Br2FO5S. The first-order chi connectivity index (χ1) is 11.7. The molecule has 0 fully saturated rings. The molecule has 0 heterocycles. The van der Waals surface area contributed by atoms with E-state index in [9.17, 15) is 17.6 Å². The number of rotatable bonds is 5. The third kappa shape index (κ3) is 4.21. The molecule has 9 heteroatoms. The van der Waals surface area contributed by atoms with Gasteiger partial charge in [0.05, 0.1) is 29.3 Å². The van der Waals surface area contributed by atoms with Crippen molar-refractivity contribution in [1.29, 1.82) is 0 Å². The summed E-state index contributed by atoms with van der Waals surface area (Å²) in [5, 5.41) is 0. The van der Waals surface area contributed by atoms with Gasteiger partial charge in [-0.3, -0.25) is 0 Å². The van der Waals surface area contributed by atoms with Crippen LogP contribution in [0, 0.1) is 5.82 Å². The van der Waals surface area contributed by atoms with E-state index in [2.05, 4.69) is 31.9 Å². The maximum Gasteiger partial charge on any atom is 0.342 e. The van der Waals surface area contributed by atoms with Crippen LogP contribution in [0.3, 0.4) is 0 Å². The van der Waals surface area contributed by atoms with E-state index in [0.29, 0.717) is 4.47 Å². The molecular weight excluding hydrogens is 483 g/mol. The molecule has 134 valence electrons. The van der Waals surface area contributed by atoms with Crippen LogP contribution >= 0.6 is 31.9 Å². The zero-order valence-electron chi connectivity index (χ0n) is 13.2. The van der Waals surface area contributed by atoms with Crippen LogP contribution < -0.4 is 4.74 Å². The second-order valence-corrected chi connectivity index (χ2v) is 8.61. The molecule has 0 aliphatic heterocycles. The van der Waals surface area contributed by atoms with Gasteiger partial charge in [0.15, 0.2) is 9.84 Å². The summed E-state index contributed by atoms with van der Waals surface area (Å²) in [6, 6.07) is 6.36. The molecule has 2 rings (SSSR count). The highest BCUT2D eigenvalue weighted by Gasteiger charge is 2.26. The minimum Gasteiger partial charge on any atom is -0.495 e. The van der Waals surface area contributed by atoms with Crippen molar-refractivity contribution in [1.82, 2.24) is 0 Å². The maximum atomic E-state index is 13.2. The number of sulfone groups is 1. The summed E-state index contributed by atoms with van der Waals surface area (Å²) >= 11 is 6.31. The van der Waals surface area contributed by atoms with E-state index < -0.39 is 27.4 Å². The molecule has 2 aromatic carbocycles. The summed E-state index contributed by atoms with van der Waals surface area (Å²) in [6.45, 7) is 0. The van der Waals surface area contributed by atoms with Crippen LogP contribution in [-0.2, 0) is 20.3 Å². The summed E-state index contributed by atoms with van der Waals surface area (Å²) in [4.78, 5) is 12.0. The molecule has 5 nitrogen and oxygen atoms in total. The molecule has 25 heavy (non-hydrogen) atoms. The van der Waals surface area contributed by atoms with Gasteiger partial charge in [0, 0.05) is 4.47 Å². The molecule has 0 aliphatic rings. The molecule has 0 saturated carbocycles. The number of ether oxygens (including phenoxy) is 2. The van der Waals surface area contributed by atoms with E-state index in [1.165, 1.54) is 26.4 Å². The van der Waals surface area contributed by atoms with Crippen LogP contribution in [0.15, 0.2) is 44.2 Å². The Bertz CT molecular complexity index is 928. The van der Waals surface area contributed by atoms with Crippen LogP contribution in [0.25, 0.3) is 0 Å². The molecule has 0 radical (unpaired) electrons. The Kier molecular flexibility index (Phi) is 6.23. The normalized spacial score (nSPS) is 11.2. The molecule has 2 aromatic rings. The Hall–Kier alpha value is -1.45. The Morgan fingerprint density at radius 1 is 1.12 bits per heavy atom. The predicted molar refractivity (Wildman–Crippen MR) is 97.0 cm³/mol. The van der Waals surface area contributed by atoms with Gasteiger partial charge in [0.1, 0.15) is 17.1 Å². The summed E-state index contributed by atoms with van der Waals surface area (Å²) in [5.74, 6) is -1.59. The fourth-order valence-corrected chi connectivity index (χ4v) is 5.27. The summed E-state index contributed by atoms with van der Waals surface area (Å²) < 4.78 is 49.2. The average molecular weight is 496 g/mol. The van der Waals surface area contributed by atoms with Gasteiger partial charge in [-0.05, 0) is 61.7 Å². The van der Waals surface area contributed by atoms with Crippen LogP contribution in [0.2, 0.25) is 0 Å². The number of hydrogen-bond donors (Lipinski definition) is 0. The molecule has 0 N–H and O–H groups in total. The number of carbonyl (C=O) groups is 1. The second kappa shape index (κ2) is 7.84. The van der Waals surface area contributed by atoms with Crippen molar-refractivity contribution in [2.24, 2.45) is 0 Å². The van der Waals surface area contributed by atoms with Crippen LogP contribution in [0.5, 0.6) is 5.75 Å². The highest BCUT2D eigenvalue weighted by molar-refractivity contribution is 9.10. The zero-order valence-corrected chi connectivity index (χ0v) is 17.2. The molecule has 0 spiro atoms. The Morgan fingerprint density at radius 3 is 2.36 bits per heavy atom. The molecule has 0 bridgehead atoms. The molecule has 0 aromatic heterocycles. The van der Waals surface area contributed by atoms with Gasteiger partial charge in [0.2, 0.25) is 0 Å². The SMILES string of the molecule is COC(=O)c1c(CS(=O)(=O)c2ccc(F)cc2Br)ccc(Br)c1OC. The smallest absolute Gasteiger partial charge is 0.342 e. The highest BCUT2D eigenvalue weighted by atomic mass is 79.9. The molecule has 0 amide bonds. The number of methoxy groups -OCH3 is 2. The number of esters is 1. The van der Waals surface area contributed by atoms with E-state index in [1.54, 1.807) is 6.07 Å². The van der Waals surface area contributed by atoms with Gasteiger partial charge in [-0.25, -0.2) is 17.6 Å². The highest BCUT2D eigenvalue weighted by Crippen LogP contribution is 2.34. The average Bonchev–Trinajstić information content (AvgIpc) is 2.54. The van der Waals surface area contributed by atoms with E-state index >= 15 is 0 Å². The van der Waals surface area contributed by atoms with Crippen molar-refractivity contribution in [3.05, 3.63) is 56.2 Å². The molecule has 0 unspecified atom stereocenters. The number of halogens is 3. The Balaban J connectivity index is 2.58. The van der Waals surface area contributed by atoms with Gasteiger partial charge in [-0.1, -0.05) is 6.07 Å². The van der Waals surface area contributed by atoms with Crippen molar-refractivity contribution in [3.63, 3.8) is 0 Å². The summed E-state index contributed by atoms with van der Waals surface area (Å²) in [5.41, 5.74) is 0.226. The van der Waals surface area contributed by atoms with E-state index in [-0.39, 0.29) is 26.2 Å². The molecule has 0 aliphatic carbocycles. The fraction of sp³-hybridized carbons (Fsp3) is 0.188. The van der Waals surface area contributed by atoms with Crippen molar-refractivity contribution in [2.45, 2.75) is 10.6 Å². The van der Waals surface area contributed by atoms with Crippen molar-refractivity contribution in [2.75, 3.05) is 14.2 Å². The molecule has 0 saturated heterocycles. The monoisotopic (exact) mass is 494 g/mol. The van der Waals surface area contributed by atoms with Gasteiger partial charge >= 0.3 is 5.97 Å². The lowest BCUT2D eigenvalue weighted by molar-refractivity contribution is 0.0596. The van der Waals surface area contributed by atoms with E-state index in [1.807, 2.05) is 0 Å². The summed E-state index contributed by atoms with van der Waals surface area (Å²) in [7, 11) is -1.30. The second-order valence-electron chi connectivity index (χ2n) is 4.94. The third-order valence-corrected chi connectivity index (χ3v) is 6.62. The minimum atomic E-state index is -3.86. The van der Waals surface area contributed by atoms with Gasteiger partial charge in [-0.2, -0.15) is 0 Å². The standard InChI is InChI=1S/C16H13Br2FO5S/c1-23-15-11(17)5-3-9(14(15)16(20)24-2)8-25(21,22)13-6-4-10(19)7-12(13)18/h3-7H,8H2,1-2H3. The Morgan fingerprint density at radius 2 is 1.80 bits per heavy atom. The molecule has 0 atom stereocenters. The van der Waals surface area contributed by atoms with Crippen molar-refractivity contribution in [3.8, 4) is 5.75 Å². The Labute approximate surface area is 161 Å². The predicted octanol–water partition coefficient (Wildman–Crippen LogP) is 4.12. The van der Waals surface area contributed by atoms with Gasteiger partial charge in [-0.15, -0.1) is 0 Å². The minimum absolute atomic E-state index is 0.0150. The van der Waals surface area contributed by atoms with Gasteiger partial charge in [0.25, 0.3) is 0 Å². The van der Waals surface area contributed by atoms with Crippen LogP contribution in [-0.4, -0.2) is 28.6 Å². The number of benzene rings is 2. The quantitative estimate of drug-likeness (QED) is 0.461. The lowest BCUT2D eigenvalue weighted by Crippen LogP contribution is -2.13. The first-order valence-electron chi connectivity index (χ1n) is 6.82. The first kappa shape index (κ1) is 19.9. The van der Waals surface area contributed by atoms with Crippen molar-refractivity contribution >= 4 is 47.7 Å². The van der Waals surface area contributed by atoms with E-state index in [4.69, 9.17) is 9.47 Å². The van der Waals surface area contributed by atoms with Gasteiger partial charge < -0.3 is 9.47 Å². The lowest BCUT2D eigenvalue weighted by Gasteiger charge is -2.14. The lowest BCUT2D eigenvalue weighted by atomic mass is 10.1. The number of carbonyl (C=O) groups excluding carboxylic acids is 1.